The van der Waals surface area contributed by atoms with Crippen molar-refractivity contribution in [2.24, 2.45) is 0 Å². The normalized spacial score (nSPS) is 14.3. The molecule has 0 unspecified atom stereocenters. The van der Waals surface area contributed by atoms with Crippen LogP contribution in [-0.4, -0.2) is 33.4 Å². The number of rotatable bonds is 6. The van der Waals surface area contributed by atoms with Crippen LogP contribution in [0.3, 0.4) is 0 Å². The number of nitrogens with one attached hydrogen (secondary N) is 1. The van der Waals surface area contributed by atoms with Gasteiger partial charge in [0.2, 0.25) is 5.91 Å². The summed E-state index contributed by atoms with van der Waals surface area (Å²) in [6.07, 6.45) is 1.30. The van der Waals surface area contributed by atoms with Gasteiger partial charge in [0.1, 0.15) is 0 Å². The third-order valence-electron chi connectivity index (χ3n) is 4.16. The molecule has 8 heteroatoms. The summed E-state index contributed by atoms with van der Waals surface area (Å²) in [6.45, 7) is 2.57. The molecule has 1 aliphatic heterocycles. The molecule has 0 bridgehead atoms. The van der Waals surface area contributed by atoms with E-state index in [4.69, 9.17) is 4.74 Å². The molecule has 1 heterocycles. The Bertz CT molecular complexity index is 954. The quantitative estimate of drug-likeness (QED) is 0.768. The van der Waals surface area contributed by atoms with Gasteiger partial charge >= 0.3 is 5.97 Å². The number of hydrogen-bond donors (Lipinski definition) is 1. The van der Waals surface area contributed by atoms with Gasteiger partial charge in [0.25, 0.3) is 10.0 Å². The molecular formula is C19H20N2O5S. The summed E-state index contributed by atoms with van der Waals surface area (Å²) in [5, 5.41) is 0. The Balaban J connectivity index is 1.78. The molecule has 1 aliphatic rings. The molecule has 27 heavy (non-hydrogen) atoms. The predicted octanol–water partition coefficient (Wildman–Crippen LogP) is 2.79. The zero-order valence-corrected chi connectivity index (χ0v) is 15.7. The number of amides is 1. The SMILES string of the molecule is CCOC(=O)c1ccc(S(=O)(=O)Nc2cccc(N3CCCC3=O)c2)cc1. The Hall–Kier alpha value is -2.87. The Morgan fingerprint density at radius 3 is 2.56 bits per heavy atom. The molecule has 0 saturated carbocycles. The van der Waals surface area contributed by atoms with Gasteiger partial charge < -0.3 is 9.64 Å². The van der Waals surface area contributed by atoms with Crippen LogP contribution in [0, 0.1) is 0 Å². The van der Waals surface area contributed by atoms with E-state index in [1.165, 1.54) is 24.3 Å². The van der Waals surface area contributed by atoms with Gasteiger partial charge in [-0.1, -0.05) is 6.07 Å². The number of benzene rings is 2. The zero-order chi connectivity index (χ0) is 19.4. The summed E-state index contributed by atoms with van der Waals surface area (Å²) in [7, 11) is -3.83. The smallest absolute Gasteiger partial charge is 0.338 e. The highest BCUT2D eigenvalue weighted by molar-refractivity contribution is 7.92. The molecule has 1 amide bonds. The number of nitrogens with zero attached hydrogens (tertiary/aromatic N) is 1. The number of carbonyl (C=O) groups is 2. The Labute approximate surface area is 158 Å². The van der Waals surface area contributed by atoms with Crippen molar-refractivity contribution in [1.29, 1.82) is 0 Å². The lowest BCUT2D eigenvalue weighted by atomic mass is 10.2. The molecule has 1 N–H and O–H groups in total. The van der Waals surface area contributed by atoms with Gasteiger partial charge in [-0.15, -0.1) is 0 Å². The van der Waals surface area contributed by atoms with Crippen molar-refractivity contribution in [2.75, 3.05) is 22.8 Å². The molecule has 2 aromatic rings. The third kappa shape index (κ3) is 4.28. The fourth-order valence-electron chi connectivity index (χ4n) is 2.86. The second kappa shape index (κ2) is 7.79. The largest absolute Gasteiger partial charge is 0.462 e. The average molecular weight is 388 g/mol. The highest BCUT2D eigenvalue weighted by atomic mass is 32.2. The van der Waals surface area contributed by atoms with Crippen molar-refractivity contribution in [3.05, 3.63) is 54.1 Å². The van der Waals surface area contributed by atoms with Gasteiger partial charge in [0.05, 0.1) is 22.8 Å². The van der Waals surface area contributed by atoms with Crippen molar-refractivity contribution >= 4 is 33.3 Å². The topological polar surface area (TPSA) is 92.8 Å². The molecule has 0 radical (unpaired) electrons. The van der Waals surface area contributed by atoms with Crippen LogP contribution in [0.15, 0.2) is 53.4 Å². The third-order valence-corrected chi connectivity index (χ3v) is 5.56. The van der Waals surface area contributed by atoms with Crippen molar-refractivity contribution in [1.82, 2.24) is 0 Å². The Morgan fingerprint density at radius 2 is 1.93 bits per heavy atom. The zero-order valence-electron chi connectivity index (χ0n) is 14.8. The van der Waals surface area contributed by atoms with E-state index in [2.05, 4.69) is 4.72 Å². The lowest BCUT2D eigenvalue weighted by Gasteiger charge is -2.17. The van der Waals surface area contributed by atoms with Crippen LogP contribution in [0.1, 0.15) is 30.1 Å². The molecule has 0 aromatic heterocycles. The minimum Gasteiger partial charge on any atom is -0.462 e. The van der Waals surface area contributed by atoms with Crippen molar-refractivity contribution in [3.8, 4) is 0 Å². The molecule has 142 valence electrons. The van der Waals surface area contributed by atoms with Crippen LogP contribution in [0.4, 0.5) is 11.4 Å². The van der Waals surface area contributed by atoms with E-state index in [9.17, 15) is 18.0 Å². The van der Waals surface area contributed by atoms with Crippen molar-refractivity contribution in [2.45, 2.75) is 24.7 Å². The molecule has 0 atom stereocenters. The van der Waals surface area contributed by atoms with Crippen molar-refractivity contribution in [3.63, 3.8) is 0 Å². The van der Waals surface area contributed by atoms with Crippen LogP contribution in [0.5, 0.6) is 0 Å². The Kier molecular flexibility index (Phi) is 5.46. The number of carbonyl (C=O) groups excluding carboxylic acids is 2. The monoisotopic (exact) mass is 388 g/mol. The molecule has 7 nitrogen and oxygen atoms in total. The molecule has 3 rings (SSSR count). The van der Waals surface area contributed by atoms with E-state index in [0.717, 1.165) is 6.42 Å². The molecule has 2 aromatic carbocycles. The highest BCUT2D eigenvalue weighted by Gasteiger charge is 2.22. The molecule has 0 spiro atoms. The summed E-state index contributed by atoms with van der Waals surface area (Å²) in [4.78, 5) is 25.2. The first-order valence-electron chi connectivity index (χ1n) is 8.61. The first-order valence-corrected chi connectivity index (χ1v) is 10.1. The summed E-state index contributed by atoms with van der Waals surface area (Å²) in [5.41, 5.74) is 1.31. The highest BCUT2D eigenvalue weighted by Crippen LogP contribution is 2.25. The average Bonchev–Trinajstić information content (AvgIpc) is 3.08. The van der Waals surface area contributed by atoms with E-state index in [1.807, 2.05) is 0 Å². The first-order chi connectivity index (χ1) is 12.9. The van der Waals surface area contributed by atoms with Gasteiger partial charge in [0.15, 0.2) is 0 Å². The maximum absolute atomic E-state index is 12.6. The summed E-state index contributed by atoms with van der Waals surface area (Å²) in [6, 6.07) is 12.2. The maximum Gasteiger partial charge on any atom is 0.338 e. The van der Waals surface area contributed by atoms with Gasteiger partial charge in [0, 0.05) is 18.7 Å². The summed E-state index contributed by atoms with van der Waals surface area (Å²) >= 11 is 0. The Morgan fingerprint density at radius 1 is 1.19 bits per heavy atom. The molecule has 1 fully saturated rings. The number of hydrogen-bond acceptors (Lipinski definition) is 5. The second-order valence-corrected chi connectivity index (χ2v) is 7.73. The first kappa shape index (κ1) is 18.9. The van der Waals surface area contributed by atoms with Gasteiger partial charge in [-0.25, -0.2) is 13.2 Å². The van der Waals surface area contributed by atoms with E-state index >= 15 is 0 Å². The summed E-state index contributed by atoms with van der Waals surface area (Å²) < 4.78 is 32.6. The van der Waals surface area contributed by atoms with Crippen LogP contribution in [-0.2, 0) is 19.6 Å². The minimum absolute atomic E-state index is 0.0261. The lowest BCUT2D eigenvalue weighted by Crippen LogP contribution is -2.23. The lowest BCUT2D eigenvalue weighted by molar-refractivity contribution is -0.117. The van der Waals surface area contributed by atoms with Crippen LogP contribution >= 0.6 is 0 Å². The van der Waals surface area contributed by atoms with Gasteiger partial charge in [-0.3, -0.25) is 9.52 Å². The number of anilines is 2. The van der Waals surface area contributed by atoms with Crippen molar-refractivity contribution < 1.29 is 22.7 Å². The number of sulfonamides is 1. The van der Waals surface area contributed by atoms with Gasteiger partial charge in [-0.05, 0) is 55.8 Å². The second-order valence-electron chi connectivity index (χ2n) is 6.05. The van der Waals surface area contributed by atoms with Crippen LogP contribution in [0.2, 0.25) is 0 Å². The number of esters is 1. The van der Waals surface area contributed by atoms with Crippen LogP contribution < -0.4 is 9.62 Å². The van der Waals surface area contributed by atoms with Gasteiger partial charge in [-0.2, -0.15) is 0 Å². The van der Waals surface area contributed by atoms with Crippen LogP contribution in [0.25, 0.3) is 0 Å². The van der Waals surface area contributed by atoms with E-state index in [1.54, 1.807) is 36.1 Å². The number of ether oxygens (including phenoxy) is 1. The maximum atomic E-state index is 12.6. The van der Waals surface area contributed by atoms with E-state index < -0.39 is 16.0 Å². The summed E-state index contributed by atoms with van der Waals surface area (Å²) in [5.74, 6) is -0.470. The standard InChI is InChI=1S/C19H20N2O5S/c1-2-26-19(23)14-8-10-17(11-9-14)27(24,25)20-15-5-3-6-16(13-15)21-12-4-7-18(21)22/h3,5-6,8-11,13,20H,2,4,7,12H2,1H3. The molecular weight excluding hydrogens is 368 g/mol. The molecule has 0 aliphatic carbocycles. The predicted molar refractivity (Wildman–Crippen MR) is 101 cm³/mol. The van der Waals surface area contributed by atoms with E-state index in [0.29, 0.717) is 24.3 Å². The minimum atomic E-state index is -3.83. The fourth-order valence-corrected chi connectivity index (χ4v) is 3.91. The van der Waals surface area contributed by atoms with E-state index in [-0.39, 0.29) is 23.0 Å². The molecule has 1 saturated heterocycles. The fraction of sp³-hybridized carbons (Fsp3) is 0.263.